The third kappa shape index (κ3) is 4.04. The van der Waals surface area contributed by atoms with Crippen LogP contribution >= 0.6 is 38.9 Å². The molecule has 0 spiro atoms. The molecule has 2 rings (SSSR count). The molecule has 1 N–H and O–H groups in total. The molecule has 0 aliphatic carbocycles. The average molecular weight is 377 g/mol. The summed E-state index contributed by atoms with van der Waals surface area (Å²) >= 11 is 10.9. The smallest absolute Gasteiger partial charge is 0.137 e. The van der Waals surface area contributed by atoms with Crippen molar-refractivity contribution in [2.45, 2.75) is 25.8 Å². The second-order valence-electron chi connectivity index (χ2n) is 4.57. The van der Waals surface area contributed by atoms with Crippen LogP contribution in [0.15, 0.2) is 34.8 Å². The first-order chi connectivity index (χ1) is 9.61. The summed E-state index contributed by atoms with van der Waals surface area (Å²) in [6.07, 6.45) is 1.79. The van der Waals surface area contributed by atoms with Crippen molar-refractivity contribution in [3.63, 3.8) is 0 Å². The topological polar surface area (TPSA) is 12.0 Å². The van der Waals surface area contributed by atoms with E-state index in [-0.39, 0.29) is 11.9 Å². The normalized spacial score (nSPS) is 12.6. The zero-order valence-corrected chi connectivity index (χ0v) is 14.3. The largest absolute Gasteiger partial charge is 0.309 e. The zero-order valence-electron chi connectivity index (χ0n) is 11.1. The second-order valence-corrected chi connectivity index (χ2v) is 7.11. The van der Waals surface area contributed by atoms with Gasteiger partial charge >= 0.3 is 0 Å². The zero-order chi connectivity index (χ0) is 14.5. The summed E-state index contributed by atoms with van der Waals surface area (Å²) < 4.78 is 14.9. The van der Waals surface area contributed by atoms with Crippen LogP contribution in [0.1, 0.15) is 29.8 Å². The second kappa shape index (κ2) is 7.55. The Bertz CT molecular complexity index is 573. The molecule has 2 aromatic rings. The minimum Gasteiger partial charge on any atom is -0.309 e. The van der Waals surface area contributed by atoms with Gasteiger partial charge in [0.2, 0.25) is 0 Å². The van der Waals surface area contributed by atoms with Crippen molar-refractivity contribution in [1.82, 2.24) is 5.32 Å². The molecule has 1 nitrogen and oxygen atoms in total. The van der Waals surface area contributed by atoms with Gasteiger partial charge < -0.3 is 5.32 Å². The van der Waals surface area contributed by atoms with Gasteiger partial charge in [0.05, 0.1) is 8.81 Å². The Kier molecular flexibility index (Phi) is 6.02. The predicted octanol–water partition coefficient (Wildman–Crippen LogP) is 5.59. The van der Waals surface area contributed by atoms with Crippen molar-refractivity contribution in [3.05, 3.63) is 55.4 Å². The van der Waals surface area contributed by atoms with E-state index in [0.717, 1.165) is 29.3 Å². The van der Waals surface area contributed by atoms with Gasteiger partial charge in [-0.2, -0.15) is 0 Å². The molecule has 1 atom stereocenters. The number of hydrogen-bond donors (Lipinski definition) is 1. The van der Waals surface area contributed by atoms with Gasteiger partial charge in [-0.1, -0.05) is 30.7 Å². The lowest BCUT2D eigenvalue weighted by molar-refractivity contribution is 0.533. The van der Waals surface area contributed by atoms with Crippen LogP contribution in [0.2, 0.25) is 4.34 Å². The fourth-order valence-corrected chi connectivity index (χ4v) is 3.60. The molecule has 1 unspecified atom stereocenters. The highest BCUT2D eigenvalue weighted by molar-refractivity contribution is 9.10. The SMILES string of the molecule is CCCNC(Cc1cccc(F)c1Br)c1ccc(Cl)s1. The van der Waals surface area contributed by atoms with E-state index in [2.05, 4.69) is 28.2 Å². The van der Waals surface area contributed by atoms with Gasteiger partial charge in [-0.3, -0.25) is 0 Å². The van der Waals surface area contributed by atoms with Crippen LogP contribution in [-0.2, 0) is 6.42 Å². The van der Waals surface area contributed by atoms with Gasteiger partial charge in [-0.05, 0) is 59.1 Å². The van der Waals surface area contributed by atoms with E-state index in [9.17, 15) is 4.39 Å². The van der Waals surface area contributed by atoms with Crippen molar-refractivity contribution in [2.75, 3.05) is 6.54 Å². The van der Waals surface area contributed by atoms with E-state index in [0.29, 0.717) is 4.47 Å². The molecule has 108 valence electrons. The Morgan fingerprint density at radius 3 is 2.80 bits per heavy atom. The van der Waals surface area contributed by atoms with Gasteiger partial charge in [0.15, 0.2) is 0 Å². The lowest BCUT2D eigenvalue weighted by Crippen LogP contribution is -2.23. The number of benzene rings is 1. The minimum atomic E-state index is -0.221. The molecule has 1 aromatic heterocycles. The van der Waals surface area contributed by atoms with Crippen molar-refractivity contribution in [3.8, 4) is 0 Å². The highest BCUT2D eigenvalue weighted by Crippen LogP contribution is 2.31. The van der Waals surface area contributed by atoms with Gasteiger partial charge in [-0.25, -0.2) is 4.39 Å². The number of thiophene rings is 1. The van der Waals surface area contributed by atoms with Crippen LogP contribution in [0.5, 0.6) is 0 Å². The molecule has 20 heavy (non-hydrogen) atoms. The van der Waals surface area contributed by atoms with Gasteiger partial charge in [0.25, 0.3) is 0 Å². The van der Waals surface area contributed by atoms with Gasteiger partial charge in [0, 0.05) is 10.9 Å². The number of rotatable bonds is 6. The lowest BCUT2D eigenvalue weighted by atomic mass is 10.0. The Labute approximate surface area is 136 Å². The first-order valence-corrected chi connectivity index (χ1v) is 8.52. The third-order valence-corrected chi connectivity index (χ3v) is 5.27. The van der Waals surface area contributed by atoms with Crippen molar-refractivity contribution in [2.24, 2.45) is 0 Å². The molecular formula is C15H16BrClFNS. The molecule has 1 aromatic carbocycles. The van der Waals surface area contributed by atoms with E-state index in [1.165, 1.54) is 10.9 Å². The number of nitrogens with one attached hydrogen (secondary N) is 1. The van der Waals surface area contributed by atoms with Crippen LogP contribution in [0, 0.1) is 5.82 Å². The quantitative estimate of drug-likeness (QED) is 0.693. The summed E-state index contributed by atoms with van der Waals surface area (Å²) in [5.41, 5.74) is 0.961. The summed E-state index contributed by atoms with van der Waals surface area (Å²) in [4.78, 5) is 1.18. The number of hydrogen-bond acceptors (Lipinski definition) is 2. The third-order valence-electron chi connectivity index (χ3n) is 3.03. The van der Waals surface area contributed by atoms with Crippen LogP contribution < -0.4 is 5.32 Å². The first kappa shape index (κ1) is 16.0. The summed E-state index contributed by atoms with van der Waals surface area (Å²) in [6, 6.07) is 9.25. The van der Waals surface area contributed by atoms with Gasteiger partial charge in [0.1, 0.15) is 5.82 Å². The molecule has 0 aliphatic heterocycles. The average Bonchev–Trinajstić information content (AvgIpc) is 2.86. The molecule has 5 heteroatoms. The molecule has 0 saturated carbocycles. The van der Waals surface area contributed by atoms with Crippen molar-refractivity contribution in [1.29, 1.82) is 0 Å². The molecule has 1 heterocycles. The summed E-state index contributed by atoms with van der Waals surface area (Å²) in [6.45, 7) is 3.05. The lowest BCUT2D eigenvalue weighted by Gasteiger charge is -2.18. The van der Waals surface area contributed by atoms with E-state index < -0.39 is 0 Å². The Hall–Kier alpha value is -0.420. The van der Waals surface area contributed by atoms with Crippen LogP contribution in [-0.4, -0.2) is 6.54 Å². The molecule has 0 radical (unpaired) electrons. The van der Waals surface area contributed by atoms with Crippen molar-refractivity contribution >= 4 is 38.9 Å². The van der Waals surface area contributed by atoms with Crippen molar-refractivity contribution < 1.29 is 4.39 Å². The highest BCUT2D eigenvalue weighted by atomic mass is 79.9. The Balaban J connectivity index is 2.21. The number of halogens is 3. The highest BCUT2D eigenvalue weighted by Gasteiger charge is 2.16. The van der Waals surface area contributed by atoms with E-state index in [1.54, 1.807) is 17.4 Å². The maximum Gasteiger partial charge on any atom is 0.137 e. The summed E-state index contributed by atoms with van der Waals surface area (Å²) in [7, 11) is 0. The van der Waals surface area contributed by atoms with Crippen LogP contribution in [0.4, 0.5) is 4.39 Å². The fraction of sp³-hybridized carbons (Fsp3) is 0.333. The molecule has 0 amide bonds. The van der Waals surface area contributed by atoms with Gasteiger partial charge in [-0.15, -0.1) is 11.3 Å². The molecule has 0 fully saturated rings. The maximum atomic E-state index is 13.6. The fourth-order valence-electron chi connectivity index (χ4n) is 2.03. The molecule has 0 saturated heterocycles. The maximum absolute atomic E-state index is 13.6. The molecular weight excluding hydrogens is 361 g/mol. The van der Waals surface area contributed by atoms with E-state index >= 15 is 0 Å². The predicted molar refractivity (Wildman–Crippen MR) is 88.2 cm³/mol. The monoisotopic (exact) mass is 375 g/mol. The summed E-state index contributed by atoms with van der Waals surface area (Å²) in [5.74, 6) is -0.221. The first-order valence-electron chi connectivity index (χ1n) is 6.53. The van der Waals surface area contributed by atoms with Crippen LogP contribution in [0.3, 0.4) is 0 Å². The molecule has 0 bridgehead atoms. The Morgan fingerprint density at radius 1 is 1.35 bits per heavy atom. The Morgan fingerprint density at radius 2 is 2.15 bits per heavy atom. The standard InChI is InChI=1S/C15H16BrClFNS/c1-2-8-19-12(13-6-7-14(17)20-13)9-10-4-3-5-11(18)15(10)16/h3-7,12,19H,2,8-9H2,1H3. The van der Waals surface area contributed by atoms with Crippen LogP contribution in [0.25, 0.3) is 0 Å². The summed E-state index contributed by atoms with van der Waals surface area (Å²) in [5, 5.41) is 3.50. The van der Waals surface area contributed by atoms with E-state index in [4.69, 9.17) is 11.6 Å². The molecule has 0 aliphatic rings. The minimum absolute atomic E-state index is 0.158. The van der Waals surface area contributed by atoms with E-state index in [1.807, 2.05) is 18.2 Å².